The minimum atomic E-state index is -1.56. The molecule has 2 atom stereocenters. The fourth-order valence-electron chi connectivity index (χ4n) is 2.02. The monoisotopic (exact) mass is 388 g/mol. The molecule has 0 aliphatic rings. The van der Waals surface area contributed by atoms with E-state index in [1.54, 1.807) is 20.8 Å². The number of methoxy groups -OCH3 is 1. The highest BCUT2D eigenvalue weighted by atomic mass is 32.1. The summed E-state index contributed by atoms with van der Waals surface area (Å²) in [7, 11) is 1.08. The number of aliphatic carboxylic acids is 1. The summed E-state index contributed by atoms with van der Waals surface area (Å²) in [4.78, 5) is 34.8. The quantitative estimate of drug-likeness (QED) is 0.346. The second kappa shape index (κ2) is 8.26. The summed E-state index contributed by atoms with van der Waals surface area (Å²) in [5.74, 6) is -3.42. The number of carbonyl (C=O) groups excluding carboxylic acids is 2. The smallest absolute Gasteiger partial charge is 0.408 e. The van der Waals surface area contributed by atoms with Crippen LogP contribution < -0.4 is 11.1 Å². The Morgan fingerprint density at radius 3 is 2.35 bits per heavy atom. The molecule has 1 aromatic rings. The summed E-state index contributed by atoms with van der Waals surface area (Å²) in [6, 6.07) is 0.788. The van der Waals surface area contributed by atoms with Gasteiger partial charge in [-0.15, -0.1) is 0 Å². The molecule has 1 rings (SSSR count). The number of ether oxygens (including phenoxy) is 2. The van der Waals surface area contributed by atoms with Crippen LogP contribution in [-0.2, 0) is 14.3 Å². The Balaban J connectivity index is 3.15. The van der Waals surface area contributed by atoms with Crippen LogP contribution >= 0.6 is 12.6 Å². The Kier molecular flexibility index (Phi) is 6.85. The van der Waals surface area contributed by atoms with Crippen LogP contribution in [0, 0.1) is 5.82 Å². The van der Waals surface area contributed by atoms with Gasteiger partial charge < -0.3 is 25.6 Å². The van der Waals surface area contributed by atoms with Crippen molar-refractivity contribution in [2.75, 3.05) is 12.8 Å². The van der Waals surface area contributed by atoms with E-state index in [-0.39, 0.29) is 5.56 Å². The maximum absolute atomic E-state index is 14.3. The third kappa shape index (κ3) is 5.25. The van der Waals surface area contributed by atoms with Crippen LogP contribution in [0.5, 0.6) is 0 Å². The number of carbonyl (C=O) groups is 3. The second-order valence-corrected chi connectivity index (χ2v) is 6.88. The summed E-state index contributed by atoms with van der Waals surface area (Å²) in [6.45, 7) is 4.83. The van der Waals surface area contributed by atoms with E-state index in [2.05, 4.69) is 22.7 Å². The number of esters is 1. The average molecular weight is 388 g/mol. The predicted octanol–water partition coefficient (Wildman–Crippen LogP) is 2.14. The van der Waals surface area contributed by atoms with Gasteiger partial charge >= 0.3 is 18.0 Å². The van der Waals surface area contributed by atoms with Gasteiger partial charge in [-0.1, -0.05) is 6.07 Å². The molecule has 8 nitrogen and oxygen atoms in total. The molecule has 0 saturated carbocycles. The fraction of sp³-hybridized carbons (Fsp3) is 0.438. The van der Waals surface area contributed by atoms with Crippen molar-refractivity contribution in [3.05, 3.63) is 29.1 Å². The number of hydrogen-bond acceptors (Lipinski definition) is 7. The van der Waals surface area contributed by atoms with Crippen molar-refractivity contribution in [3.8, 4) is 0 Å². The number of benzene rings is 1. The van der Waals surface area contributed by atoms with E-state index in [9.17, 15) is 23.9 Å². The third-order valence-corrected chi connectivity index (χ3v) is 3.77. The van der Waals surface area contributed by atoms with Crippen molar-refractivity contribution >= 4 is 36.3 Å². The van der Waals surface area contributed by atoms with Gasteiger partial charge in [0.1, 0.15) is 11.6 Å². The minimum Gasteiger partial charge on any atom is -0.480 e. The number of nitrogens with one attached hydrogen (secondary N) is 1. The highest BCUT2D eigenvalue weighted by Crippen LogP contribution is 2.32. The highest BCUT2D eigenvalue weighted by molar-refractivity contribution is 7.80. The van der Waals surface area contributed by atoms with Gasteiger partial charge in [-0.2, -0.15) is 12.6 Å². The zero-order valence-corrected chi connectivity index (χ0v) is 15.6. The summed E-state index contributed by atoms with van der Waals surface area (Å²) in [5.41, 5.74) is 3.96. The van der Waals surface area contributed by atoms with Crippen molar-refractivity contribution in [2.45, 2.75) is 37.7 Å². The molecular formula is C16H21FN2O6S. The number of rotatable bonds is 5. The summed E-state index contributed by atoms with van der Waals surface area (Å²) >= 11 is 4.15. The predicted molar refractivity (Wildman–Crippen MR) is 94.7 cm³/mol. The molecular weight excluding hydrogens is 367 g/mol. The number of carboxylic acids is 1. The largest absolute Gasteiger partial charge is 0.480 e. The van der Waals surface area contributed by atoms with Gasteiger partial charge in [0.25, 0.3) is 0 Å². The first-order valence-corrected chi connectivity index (χ1v) is 7.97. The Labute approximate surface area is 155 Å². The van der Waals surface area contributed by atoms with E-state index < -0.39 is 52.0 Å². The Hall–Kier alpha value is -2.49. The standard InChI is InChI=1S/C16H21FN2O6S/c1-16(2,3)25-15(23)19-11(13(20)21)12(26)8-6-5-7(14(22)24-4)9(17)10(8)18/h5-6,11-12,26H,18H2,1-4H3,(H,19,23)(H,20,21)/t11-,12?/m0/s1. The summed E-state index contributed by atoms with van der Waals surface area (Å²) < 4.78 is 23.7. The van der Waals surface area contributed by atoms with Gasteiger partial charge in [0.15, 0.2) is 5.82 Å². The Morgan fingerprint density at radius 1 is 1.31 bits per heavy atom. The lowest BCUT2D eigenvalue weighted by Gasteiger charge is -2.25. The highest BCUT2D eigenvalue weighted by Gasteiger charge is 2.32. The number of anilines is 1. The zero-order valence-electron chi connectivity index (χ0n) is 14.7. The molecule has 0 aliphatic heterocycles. The van der Waals surface area contributed by atoms with Gasteiger partial charge in [-0.3, -0.25) is 0 Å². The van der Waals surface area contributed by atoms with E-state index in [4.69, 9.17) is 10.5 Å². The molecule has 0 saturated heterocycles. The molecule has 0 aromatic heterocycles. The van der Waals surface area contributed by atoms with Crippen LogP contribution in [0.15, 0.2) is 12.1 Å². The maximum atomic E-state index is 14.3. The Morgan fingerprint density at radius 2 is 1.88 bits per heavy atom. The number of amides is 1. The topological polar surface area (TPSA) is 128 Å². The lowest BCUT2D eigenvalue weighted by atomic mass is 10.0. The molecule has 144 valence electrons. The third-order valence-electron chi connectivity index (χ3n) is 3.19. The fourth-order valence-corrected chi connectivity index (χ4v) is 2.45. The van der Waals surface area contributed by atoms with Crippen LogP contribution in [0.1, 0.15) is 41.9 Å². The molecule has 1 unspecified atom stereocenters. The van der Waals surface area contributed by atoms with E-state index in [0.29, 0.717) is 0 Å². The molecule has 0 heterocycles. The van der Waals surface area contributed by atoms with Crippen molar-refractivity contribution in [2.24, 2.45) is 0 Å². The van der Waals surface area contributed by atoms with Crippen molar-refractivity contribution in [1.29, 1.82) is 0 Å². The van der Waals surface area contributed by atoms with Gasteiger partial charge in [-0.05, 0) is 32.4 Å². The molecule has 0 radical (unpaired) electrons. The van der Waals surface area contributed by atoms with Crippen molar-refractivity contribution in [3.63, 3.8) is 0 Å². The molecule has 0 fully saturated rings. The number of nitrogens with two attached hydrogens (primary N) is 1. The van der Waals surface area contributed by atoms with Crippen LogP contribution in [0.2, 0.25) is 0 Å². The summed E-state index contributed by atoms with van der Waals surface area (Å²) in [5, 5.41) is 10.3. The first-order valence-electron chi connectivity index (χ1n) is 7.45. The lowest BCUT2D eigenvalue weighted by Crippen LogP contribution is -2.45. The minimum absolute atomic E-state index is 0.0121. The number of hydrogen-bond donors (Lipinski definition) is 4. The molecule has 0 spiro atoms. The van der Waals surface area contributed by atoms with Crippen LogP contribution in [0.3, 0.4) is 0 Å². The van der Waals surface area contributed by atoms with Crippen molar-refractivity contribution < 1.29 is 33.4 Å². The molecule has 4 N–H and O–H groups in total. The van der Waals surface area contributed by atoms with E-state index >= 15 is 0 Å². The van der Waals surface area contributed by atoms with E-state index in [1.807, 2.05) is 0 Å². The van der Waals surface area contributed by atoms with Gasteiger partial charge in [-0.25, -0.2) is 18.8 Å². The summed E-state index contributed by atoms with van der Waals surface area (Å²) in [6.07, 6.45) is -0.978. The normalized spacial score (nSPS) is 13.5. The van der Waals surface area contributed by atoms with Gasteiger partial charge in [0, 0.05) is 0 Å². The Bertz CT molecular complexity index is 719. The number of carboxylic acid groups (broad SMARTS) is 1. The molecule has 26 heavy (non-hydrogen) atoms. The number of halogens is 1. The number of thiol groups is 1. The lowest BCUT2D eigenvalue weighted by molar-refractivity contribution is -0.139. The zero-order chi connectivity index (χ0) is 20.2. The molecule has 0 aliphatic carbocycles. The van der Waals surface area contributed by atoms with Crippen LogP contribution in [-0.4, -0.2) is 41.9 Å². The van der Waals surface area contributed by atoms with E-state index in [1.165, 1.54) is 6.07 Å². The number of nitrogen functional groups attached to an aromatic ring is 1. The van der Waals surface area contributed by atoms with E-state index in [0.717, 1.165) is 13.2 Å². The number of alkyl carbamates (subject to hydrolysis) is 1. The SMILES string of the molecule is COC(=O)c1ccc(C(S)[C@H](NC(=O)OC(C)(C)C)C(=O)O)c(N)c1F. The molecule has 10 heteroatoms. The molecule has 0 bridgehead atoms. The average Bonchev–Trinajstić information content (AvgIpc) is 2.51. The molecule has 1 aromatic carbocycles. The molecule has 1 amide bonds. The van der Waals surface area contributed by atoms with Crippen molar-refractivity contribution in [1.82, 2.24) is 5.32 Å². The van der Waals surface area contributed by atoms with Crippen LogP contribution in [0.25, 0.3) is 0 Å². The van der Waals surface area contributed by atoms with Gasteiger partial charge in [0.2, 0.25) is 0 Å². The first kappa shape index (κ1) is 21.6. The van der Waals surface area contributed by atoms with Crippen LogP contribution in [0.4, 0.5) is 14.9 Å². The maximum Gasteiger partial charge on any atom is 0.408 e. The van der Waals surface area contributed by atoms with Gasteiger partial charge in [0.05, 0.1) is 23.6 Å². The first-order chi connectivity index (χ1) is 11.9. The second-order valence-electron chi connectivity index (χ2n) is 6.33.